The number of nitrogens with zero attached hydrogens (tertiary/aromatic N) is 1. The zero-order valence-corrected chi connectivity index (χ0v) is 10.4. The quantitative estimate of drug-likeness (QED) is 0.643. The predicted molar refractivity (Wildman–Crippen MR) is 72.7 cm³/mol. The van der Waals surface area contributed by atoms with Crippen LogP contribution < -0.4 is 16.0 Å². The van der Waals surface area contributed by atoms with E-state index in [1.165, 1.54) is 19.3 Å². The van der Waals surface area contributed by atoms with E-state index in [9.17, 15) is 0 Å². The standard InChI is InChI=1S/C14H17N3O/c1-18-11-5-6-12-10(7-11)8-13(17-15)14(16-12)9-3-2-4-9/h5-9,17H,2-4,15H2,1H3. The number of anilines is 1. The lowest BCUT2D eigenvalue weighted by Gasteiger charge is -2.26. The van der Waals surface area contributed by atoms with E-state index in [4.69, 9.17) is 15.6 Å². The van der Waals surface area contributed by atoms with E-state index in [1.807, 2.05) is 18.2 Å². The molecule has 18 heavy (non-hydrogen) atoms. The van der Waals surface area contributed by atoms with Crippen LogP contribution in [0.25, 0.3) is 10.9 Å². The zero-order valence-electron chi connectivity index (χ0n) is 10.4. The molecule has 1 heterocycles. The van der Waals surface area contributed by atoms with Gasteiger partial charge >= 0.3 is 0 Å². The Morgan fingerprint density at radius 1 is 1.33 bits per heavy atom. The Balaban J connectivity index is 2.13. The minimum Gasteiger partial charge on any atom is -0.497 e. The van der Waals surface area contributed by atoms with Crippen molar-refractivity contribution in [2.24, 2.45) is 5.84 Å². The molecule has 0 spiro atoms. The van der Waals surface area contributed by atoms with Crippen LogP contribution in [-0.2, 0) is 0 Å². The van der Waals surface area contributed by atoms with Crippen LogP contribution in [0.5, 0.6) is 5.75 Å². The number of nitrogens with two attached hydrogens (primary N) is 1. The number of hydrazine groups is 1. The van der Waals surface area contributed by atoms with Crippen molar-refractivity contribution in [3.05, 3.63) is 30.0 Å². The summed E-state index contributed by atoms with van der Waals surface area (Å²) >= 11 is 0. The van der Waals surface area contributed by atoms with E-state index in [-0.39, 0.29) is 0 Å². The molecule has 0 radical (unpaired) electrons. The van der Waals surface area contributed by atoms with E-state index in [1.54, 1.807) is 7.11 Å². The molecule has 4 heteroatoms. The molecule has 94 valence electrons. The molecule has 4 nitrogen and oxygen atoms in total. The molecule has 0 amide bonds. The second kappa shape index (κ2) is 4.46. The Hall–Kier alpha value is -1.81. The molecular formula is C14H17N3O. The molecule has 1 saturated carbocycles. The summed E-state index contributed by atoms with van der Waals surface area (Å²) in [6, 6.07) is 7.97. The van der Waals surface area contributed by atoms with Crippen molar-refractivity contribution in [3.63, 3.8) is 0 Å². The smallest absolute Gasteiger partial charge is 0.119 e. The fraction of sp³-hybridized carbons (Fsp3) is 0.357. The van der Waals surface area contributed by atoms with Gasteiger partial charge in [-0.15, -0.1) is 0 Å². The van der Waals surface area contributed by atoms with Gasteiger partial charge in [0.05, 0.1) is 24.0 Å². The highest BCUT2D eigenvalue weighted by atomic mass is 16.5. The second-order valence-electron chi connectivity index (χ2n) is 4.75. The molecule has 3 rings (SSSR count). The number of fused-ring (bicyclic) bond motifs is 1. The summed E-state index contributed by atoms with van der Waals surface area (Å²) in [5.74, 6) is 7.00. The topological polar surface area (TPSA) is 60.2 Å². The summed E-state index contributed by atoms with van der Waals surface area (Å²) in [5, 5.41) is 1.05. The molecule has 1 aromatic carbocycles. The average Bonchev–Trinajstić information content (AvgIpc) is 2.35. The lowest BCUT2D eigenvalue weighted by Crippen LogP contribution is -2.16. The van der Waals surface area contributed by atoms with Crippen molar-refractivity contribution in [2.75, 3.05) is 12.5 Å². The number of nitrogen functional groups attached to an aromatic ring is 1. The van der Waals surface area contributed by atoms with Gasteiger partial charge in [0.1, 0.15) is 5.75 Å². The number of aromatic nitrogens is 1. The maximum atomic E-state index is 5.61. The summed E-state index contributed by atoms with van der Waals surface area (Å²) in [7, 11) is 1.67. The van der Waals surface area contributed by atoms with Gasteiger partial charge in [0.15, 0.2) is 0 Å². The monoisotopic (exact) mass is 243 g/mol. The van der Waals surface area contributed by atoms with Gasteiger partial charge in [-0.2, -0.15) is 0 Å². The number of methoxy groups -OCH3 is 1. The van der Waals surface area contributed by atoms with Crippen LogP contribution in [0.3, 0.4) is 0 Å². The molecule has 1 aromatic heterocycles. The third-order valence-electron chi connectivity index (χ3n) is 3.70. The molecule has 0 atom stereocenters. The molecule has 0 unspecified atom stereocenters. The SMILES string of the molecule is COc1ccc2nc(C3CCC3)c(NN)cc2c1. The average molecular weight is 243 g/mol. The van der Waals surface area contributed by atoms with Gasteiger partial charge in [-0.05, 0) is 37.1 Å². The van der Waals surface area contributed by atoms with Gasteiger partial charge in [-0.25, -0.2) is 0 Å². The van der Waals surface area contributed by atoms with E-state index in [0.717, 1.165) is 28.0 Å². The Bertz CT molecular complexity index is 579. The van der Waals surface area contributed by atoms with Crippen molar-refractivity contribution in [1.29, 1.82) is 0 Å². The molecule has 0 aliphatic heterocycles. The van der Waals surface area contributed by atoms with Crippen LogP contribution >= 0.6 is 0 Å². The Morgan fingerprint density at radius 2 is 2.17 bits per heavy atom. The number of benzene rings is 1. The second-order valence-corrected chi connectivity index (χ2v) is 4.75. The number of nitrogens with one attached hydrogen (secondary N) is 1. The molecule has 1 fully saturated rings. The number of pyridine rings is 1. The summed E-state index contributed by atoms with van der Waals surface area (Å²) in [4.78, 5) is 4.75. The summed E-state index contributed by atoms with van der Waals surface area (Å²) in [6.45, 7) is 0. The van der Waals surface area contributed by atoms with Crippen molar-refractivity contribution in [3.8, 4) is 5.75 Å². The Labute approximate surface area is 106 Å². The first kappa shape index (κ1) is 11.3. The largest absolute Gasteiger partial charge is 0.497 e. The Kier molecular flexibility index (Phi) is 2.80. The van der Waals surface area contributed by atoms with Crippen LogP contribution in [-0.4, -0.2) is 12.1 Å². The van der Waals surface area contributed by atoms with Crippen molar-refractivity contribution in [2.45, 2.75) is 25.2 Å². The lowest BCUT2D eigenvalue weighted by atomic mass is 9.82. The maximum absolute atomic E-state index is 5.61. The van der Waals surface area contributed by atoms with E-state index in [0.29, 0.717) is 5.92 Å². The fourth-order valence-electron chi connectivity index (χ4n) is 2.40. The first-order valence-electron chi connectivity index (χ1n) is 6.27. The maximum Gasteiger partial charge on any atom is 0.119 e. The van der Waals surface area contributed by atoms with Crippen LogP contribution in [0.15, 0.2) is 24.3 Å². The molecule has 1 aliphatic rings. The van der Waals surface area contributed by atoms with Crippen molar-refractivity contribution in [1.82, 2.24) is 4.98 Å². The van der Waals surface area contributed by atoms with Crippen LogP contribution in [0.1, 0.15) is 30.9 Å². The number of hydrogen-bond acceptors (Lipinski definition) is 4. The van der Waals surface area contributed by atoms with Crippen LogP contribution in [0.4, 0.5) is 5.69 Å². The van der Waals surface area contributed by atoms with E-state index in [2.05, 4.69) is 11.5 Å². The Morgan fingerprint density at radius 3 is 2.78 bits per heavy atom. The van der Waals surface area contributed by atoms with Crippen molar-refractivity contribution >= 4 is 16.6 Å². The van der Waals surface area contributed by atoms with Gasteiger partial charge in [-0.1, -0.05) is 6.42 Å². The van der Waals surface area contributed by atoms with Gasteiger partial charge in [0, 0.05) is 11.3 Å². The highest BCUT2D eigenvalue weighted by Gasteiger charge is 2.24. The van der Waals surface area contributed by atoms with Crippen molar-refractivity contribution < 1.29 is 4.74 Å². The van der Waals surface area contributed by atoms with Gasteiger partial charge in [0.2, 0.25) is 0 Å². The molecular weight excluding hydrogens is 226 g/mol. The van der Waals surface area contributed by atoms with Gasteiger partial charge < -0.3 is 10.2 Å². The summed E-state index contributed by atoms with van der Waals surface area (Å²) in [6.07, 6.45) is 3.71. The minimum absolute atomic E-state index is 0.558. The van der Waals surface area contributed by atoms with E-state index >= 15 is 0 Å². The van der Waals surface area contributed by atoms with Crippen LogP contribution in [0.2, 0.25) is 0 Å². The molecule has 0 saturated heterocycles. The van der Waals surface area contributed by atoms with Gasteiger partial charge in [0.25, 0.3) is 0 Å². The summed E-state index contributed by atoms with van der Waals surface area (Å²) in [5.41, 5.74) is 5.80. The highest BCUT2D eigenvalue weighted by Crippen LogP contribution is 2.39. The third-order valence-corrected chi connectivity index (χ3v) is 3.70. The number of rotatable bonds is 3. The minimum atomic E-state index is 0.558. The normalized spacial score (nSPS) is 15.4. The third kappa shape index (κ3) is 1.78. The molecule has 3 N–H and O–H groups in total. The highest BCUT2D eigenvalue weighted by molar-refractivity contribution is 5.84. The first-order valence-corrected chi connectivity index (χ1v) is 6.27. The molecule has 1 aliphatic carbocycles. The first-order chi connectivity index (χ1) is 8.81. The molecule has 0 bridgehead atoms. The number of ether oxygens (including phenoxy) is 1. The van der Waals surface area contributed by atoms with Crippen LogP contribution in [0, 0.1) is 0 Å². The predicted octanol–water partition coefficient (Wildman–Crippen LogP) is 2.80. The lowest BCUT2D eigenvalue weighted by molar-refractivity contribution is 0.412. The number of hydrogen-bond donors (Lipinski definition) is 2. The van der Waals surface area contributed by atoms with Gasteiger partial charge in [-0.3, -0.25) is 10.8 Å². The molecule has 2 aromatic rings. The summed E-state index contributed by atoms with van der Waals surface area (Å²) < 4.78 is 5.23. The zero-order chi connectivity index (χ0) is 12.5. The van der Waals surface area contributed by atoms with E-state index < -0.39 is 0 Å². The fourth-order valence-corrected chi connectivity index (χ4v) is 2.40.